The summed E-state index contributed by atoms with van der Waals surface area (Å²) in [6.45, 7) is 21.8. The molecule has 1 aliphatic rings. The first kappa shape index (κ1) is 28.3. The van der Waals surface area contributed by atoms with Gasteiger partial charge in [-0.15, -0.1) is 0 Å². The Morgan fingerprint density at radius 3 is 1.82 bits per heavy atom. The molecule has 4 rings (SSSR count). The lowest BCUT2D eigenvalue weighted by atomic mass is 9.50. The third-order valence-corrected chi connectivity index (χ3v) is 8.57. The molecule has 0 heterocycles. The second kappa shape index (κ2) is 11.2. The Bertz CT molecular complexity index is 1270. The van der Waals surface area contributed by atoms with Gasteiger partial charge in [-0.05, 0) is 72.1 Å². The third kappa shape index (κ3) is 5.12. The molecular formula is C36H48O2. The summed E-state index contributed by atoms with van der Waals surface area (Å²) in [7, 11) is 0. The van der Waals surface area contributed by atoms with Crippen molar-refractivity contribution in [1.82, 2.24) is 0 Å². The van der Waals surface area contributed by atoms with Crippen LogP contribution in [0.5, 0.6) is 11.5 Å². The molecule has 3 aromatic rings. The predicted octanol–water partition coefficient (Wildman–Crippen LogP) is 9.81. The van der Waals surface area contributed by atoms with Crippen molar-refractivity contribution in [2.75, 3.05) is 13.2 Å². The average molecular weight is 513 g/mol. The molecule has 0 aromatic heterocycles. The van der Waals surface area contributed by atoms with Crippen LogP contribution in [0.2, 0.25) is 0 Å². The van der Waals surface area contributed by atoms with E-state index in [1.165, 1.54) is 51.8 Å². The van der Waals surface area contributed by atoms with Gasteiger partial charge in [0.05, 0.1) is 13.2 Å². The van der Waals surface area contributed by atoms with Gasteiger partial charge in [-0.2, -0.15) is 0 Å². The Balaban J connectivity index is 1.98. The van der Waals surface area contributed by atoms with E-state index in [1.54, 1.807) is 0 Å². The second-order valence-corrected chi connectivity index (χ2v) is 12.7. The Morgan fingerprint density at radius 1 is 0.684 bits per heavy atom. The monoisotopic (exact) mass is 512 g/mol. The molecule has 3 aromatic carbocycles. The van der Waals surface area contributed by atoms with Crippen LogP contribution in [0.15, 0.2) is 54.6 Å². The zero-order valence-electron chi connectivity index (χ0n) is 25.2. The SMILES string of the molecule is CCCCC1(C)c2cc(C)ccc2-c2ccc(C)cc2C1(C)c1ccc(OCC(C)C)c(OCC(C)C)c1. The number of fused-ring (bicyclic) bond motifs is 3. The highest BCUT2D eigenvalue weighted by atomic mass is 16.5. The van der Waals surface area contributed by atoms with E-state index < -0.39 is 0 Å². The van der Waals surface area contributed by atoms with Crippen LogP contribution in [0.4, 0.5) is 0 Å². The first-order chi connectivity index (χ1) is 18.0. The van der Waals surface area contributed by atoms with Gasteiger partial charge in [-0.3, -0.25) is 0 Å². The molecule has 204 valence electrons. The molecule has 0 aliphatic heterocycles. The van der Waals surface area contributed by atoms with Crippen LogP contribution in [0.25, 0.3) is 11.1 Å². The van der Waals surface area contributed by atoms with Crippen molar-refractivity contribution >= 4 is 0 Å². The molecular weight excluding hydrogens is 464 g/mol. The first-order valence-electron chi connectivity index (χ1n) is 14.6. The summed E-state index contributed by atoms with van der Waals surface area (Å²) in [5.41, 5.74) is 9.22. The van der Waals surface area contributed by atoms with E-state index in [4.69, 9.17) is 9.47 Å². The van der Waals surface area contributed by atoms with E-state index in [0.717, 1.165) is 17.9 Å². The van der Waals surface area contributed by atoms with Gasteiger partial charge >= 0.3 is 0 Å². The maximum absolute atomic E-state index is 6.43. The molecule has 0 fully saturated rings. The van der Waals surface area contributed by atoms with E-state index in [0.29, 0.717) is 25.0 Å². The van der Waals surface area contributed by atoms with E-state index in [9.17, 15) is 0 Å². The topological polar surface area (TPSA) is 18.5 Å². The maximum Gasteiger partial charge on any atom is 0.161 e. The van der Waals surface area contributed by atoms with Crippen molar-refractivity contribution in [3.8, 4) is 22.6 Å². The minimum absolute atomic E-state index is 0.0826. The van der Waals surface area contributed by atoms with Gasteiger partial charge < -0.3 is 9.47 Å². The molecule has 0 radical (unpaired) electrons. The number of ether oxygens (including phenoxy) is 2. The highest BCUT2D eigenvalue weighted by Crippen LogP contribution is 2.59. The summed E-state index contributed by atoms with van der Waals surface area (Å²) in [6.07, 6.45) is 3.49. The lowest BCUT2D eigenvalue weighted by molar-refractivity contribution is 0.227. The van der Waals surface area contributed by atoms with Crippen LogP contribution in [-0.4, -0.2) is 13.2 Å². The summed E-state index contributed by atoms with van der Waals surface area (Å²) in [5.74, 6) is 2.60. The van der Waals surface area contributed by atoms with Crippen molar-refractivity contribution in [3.05, 3.63) is 82.4 Å². The highest BCUT2D eigenvalue weighted by Gasteiger charge is 2.52. The van der Waals surface area contributed by atoms with Gasteiger partial charge in [-0.25, -0.2) is 0 Å². The molecule has 2 nitrogen and oxygen atoms in total. The van der Waals surface area contributed by atoms with Crippen LogP contribution in [0.1, 0.15) is 95.5 Å². The molecule has 0 saturated heterocycles. The van der Waals surface area contributed by atoms with Crippen LogP contribution >= 0.6 is 0 Å². The van der Waals surface area contributed by atoms with Crippen LogP contribution in [0.3, 0.4) is 0 Å². The van der Waals surface area contributed by atoms with Gasteiger partial charge in [0.1, 0.15) is 0 Å². The van der Waals surface area contributed by atoms with E-state index in [2.05, 4.69) is 117 Å². The fourth-order valence-electron chi connectivity index (χ4n) is 6.18. The predicted molar refractivity (Wildman–Crippen MR) is 162 cm³/mol. The van der Waals surface area contributed by atoms with Crippen LogP contribution in [0, 0.1) is 25.7 Å². The number of hydrogen-bond donors (Lipinski definition) is 0. The van der Waals surface area contributed by atoms with Crippen LogP contribution < -0.4 is 9.47 Å². The summed E-state index contributed by atoms with van der Waals surface area (Å²) < 4.78 is 12.7. The lowest BCUT2D eigenvalue weighted by Crippen LogP contribution is -2.49. The Hall–Kier alpha value is -2.74. The number of rotatable bonds is 10. The minimum atomic E-state index is -0.239. The fraction of sp³-hybridized carbons (Fsp3) is 0.500. The number of benzene rings is 3. The highest BCUT2D eigenvalue weighted by molar-refractivity contribution is 5.80. The molecule has 0 spiro atoms. The van der Waals surface area contributed by atoms with Gasteiger partial charge in [-0.1, -0.05) is 115 Å². The van der Waals surface area contributed by atoms with Gasteiger partial charge in [0.25, 0.3) is 0 Å². The molecule has 0 bridgehead atoms. The van der Waals surface area contributed by atoms with Crippen LogP contribution in [-0.2, 0) is 10.8 Å². The molecule has 2 atom stereocenters. The Kier molecular flexibility index (Phi) is 8.31. The number of unbranched alkanes of at least 4 members (excludes halogenated alkanes) is 1. The van der Waals surface area contributed by atoms with Crippen molar-refractivity contribution < 1.29 is 9.47 Å². The van der Waals surface area contributed by atoms with Gasteiger partial charge in [0, 0.05) is 10.8 Å². The number of hydrogen-bond acceptors (Lipinski definition) is 2. The van der Waals surface area contributed by atoms with Crippen molar-refractivity contribution in [1.29, 1.82) is 0 Å². The minimum Gasteiger partial charge on any atom is -0.489 e. The average Bonchev–Trinajstić information content (AvgIpc) is 2.88. The summed E-state index contributed by atoms with van der Waals surface area (Å²) in [4.78, 5) is 0. The van der Waals surface area contributed by atoms with E-state index in [1.807, 2.05) is 0 Å². The van der Waals surface area contributed by atoms with Gasteiger partial charge in [0.2, 0.25) is 0 Å². The normalized spacial score (nSPS) is 20.4. The van der Waals surface area contributed by atoms with Crippen molar-refractivity contribution in [2.45, 2.75) is 92.4 Å². The zero-order valence-corrected chi connectivity index (χ0v) is 25.2. The van der Waals surface area contributed by atoms with E-state index >= 15 is 0 Å². The quantitative estimate of drug-likeness (QED) is 0.269. The second-order valence-electron chi connectivity index (χ2n) is 12.7. The Morgan fingerprint density at radius 2 is 1.24 bits per heavy atom. The summed E-state index contributed by atoms with van der Waals surface area (Å²) in [5, 5.41) is 0. The first-order valence-corrected chi connectivity index (χ1v) is 14.6. The molecule has 2 unspecified atom stereocenters. The molecule has 0 saturated carbocycles. The molecule has 2 heteroatoms. The standard InChI is InChI=1S/C36H48O2/c1-10-11-18-35(8)31-19-26(6)12-15-29(31)30-16-13-27(7)20-32(30)36(35,9)28-14-17-33(37-22-24(2)3)34(21-28)38-23-25(4)5/h12-17,19-21,24-25H,10-11,18,22-23H2,1-9H3. The van der Waals surface area contributed by atoms with Crippen molar-refractivity contribution in [2.24, 2.45) is 11.8 Å². The number of aryl methyl sites for hydroxylation is 2. The smallest absolute Gasteiger partial charge is 0.161 e. The van der Waals surface area contributed by atoms with E-state index in [-0.39, 0.29) is 10.8 Å². The summed E-state index contributed by atoms with van der Waals surface area (Å²) >= 11 is 0. The molecule has 38 heavy (non-hydrogen) atoms. The molecule has 0 N–H and O–H groups in total. The maximum atomic E-state index is 6.43. The zero-order chi connectivity index (χ0) is 27.7. The summed E-state index contributed by atoms with van der Waals surface area (Å²) in [6, 6.07) is 20.8. The largest absolute Gasteiger partial charge is 0.489 e. The lowest BCUT2D eigenvalue weighted by Gasteiger charge is -2.53. The van der Waals surface area contributed by atoms with Crippen molar-refractivity contribution in [3.63, 3.8) is 0 Å². The molecule has 1 aliphatic carbocycles. The fourth-order valence-corrected chi connectivity index (χ4v) is 6.18. The third-order valence-electron chi connectivity index (χ3n) is 8.57. The molecule has 0 amide bonds. The van der Waals surface area contributed by atoms with Gasteiger partial charge in [0.15, 0.2) is 11.5 Å². The Labute approximate surface area is 231 Å².